The fourth-order valence-corrected chi connectivity index (χ4v) is 2.61. The first kappa shape index (κ1) is 17.8. The number of hydrogen-bond acceptors (Lipinski definition) is 3. The van der Waals surface area contributed by atoms with Crippen molar-refractivity contribution in [3.63, 3.8) is 0 Å². The van der Waals surface area contributed by atoms with Crippen molar-refractivity contribution in [3.05, 3.63) is 48.1 Å². The van der Waals surface area contributed by atoms with Gasteiger partial charge in [0.25, 0.3) is 0 Å². The third-order valence-electron chi connectivity index (χ3n) is 2.76. The van der Waals surface area contributed by atoms with Gasteiger partial charge in [0.1, 0.15) is 0 Å². The van der Waals surface area contributed by atoms with Crippen LogP contribution >= 0.6 is 0 Å². The predicted molar refractivity (Wildman–Crippen MR) is 91.9 cm³/mol. The van der Waals surface area contributed by atoms with E-state index in [0.717, 1.165) is 18.4 Å². The minimum atomic E-state index is -3.49. The third kappa shape index (κ3) is 7.50. The van der Waals surface area contributed by atoms with Gasteiger partial charge in [0.2, 0.25) is 16.0 Å². The van der Waals surface area contributed by atoms with Crippen molar-refractivity contribution in [2.75, 3.05) is 19.3 Å². The average Bonchev–Trinajstić information content (AvgIpc) is 2.52. The minimum absolute atomic E-state index is 0.148. The van der Waals surface area contributed by atoms with Crippen molar-refractivity contribution in [3.8, 4) is 12.3 Å². The number of hydrogen-bond donors (Lipinski definition) is 2. The van der Waals surface area contributed by atoms with Crippen molar-refractivity contribution < 1.29 is 8.42 Å². The van der Waals surface area contributed by atoms with Crippen molar-refractivity contribution in [1.29, 1.82) is 0 Å². The van der Waals surface area contributed by atoms with E-state index < -0.39 is 10.0 Å². The van der Waals surface area contributed by atoms with Gasteiger partial charge in [-0.2, -0.15) is 0 Å². The lowest BCUT2D eigenvalue weighted by Crippen LogP contribution is -2.42. The number of guanidine groups is 1. The lowest BCUT2D eigenvalue weighted by atomic mass is 10.1. The van der Waals surface area contributed by atoms with E-state index in [4.69, 9.17) is 6.42 Å². The average molecular weight is 319 g/mol. The third-order valence-corrected chi connectivity index (χ3v) is 3.90. The molecule has 1 aliphatic carbocycles. The van der Waals surface area contributed by atoms with Crippen LogP contribution in [0.5, 0.6) is 0 Å². The number of terminal acetylenes is 1. The van der Waals surface area contributed by atoms with E-state index in [-0.39, 0.29) is 11.7 Å². The zero-order valence-corrected chi connectivity index (χ0v) is 13.4. The largest absolute Gasteiger partial charge is 0.352 e. The van der Waals surface area contributed by atoms with Crippen LogP contribution in [-0.4, -0.2) is 33.7 Å². The monoisotopic (exact) mass is 319 g/mol. The standard InChI is InChI=1S/C16H21N3O2S/c1-3-4-5-6-10-13-22(20,21)19-16(17-2)18-14-15-11-8-7-9-12-15/h1,4-6,8,10-12H,7,9,13-14H2,2H3,(H2,17,18,19)/b5-4-,10-6-. The van der Waals surface area contributed by atoms with Gasteiger partial charge in [-0.05, 0) is 24.5 Å². The van der Waals surface area contributed by atoms with Crippen LogP contribution in [0.2, 0.25) is 0 Å². The normalized spacial score (nSPS) is 15.8. The molecule has 5 nitrogen and oxygen atoms in total. The van der Waals surface area contributed by atoms with E-state index >= 15 is 0 Å². The maximum Gasteiger partial charge on any atom is 0.238 e. The maximum atomic E-state index is 11.9. The Labute approximate surface area is 132 Å². The summed E-state index contributed by atoms with van der Waals surface area (Å²) in [5.74, 6) is 2.40. The molecule has 0 aromatic rings. The Morgan fingerprint density at radius 2 is 2.27 bits per heavy atom. The number of sulfonamides is 1. The van der Waals surface area contributed by atoms with E-state index in [1.807, 2.05) is 6.08 Å². The van der Waals surface area contributed by atoms with Gasteiger partial charge in [-0.3, -0.25) is 9.71 Å². The van der Waals surface area contributed by atoms with Crippen molar-refractivity contribution in [2.45, 2.75) is 12.8 Å². The minimum Gasteiger partial charge on any atom is -0.352 e. The predicted octanol–water partition coefficient (Wildman–Crippen LogP) is 1.50. The molecule has 0 radical (unpaired) electrons. The van der Waals surface area contributed by atoms with Crippen molar-refractivity contribution in [1.82, 2.24) is 10.0 Å². The van der Waals surface area contributed by atoms with Gasteiger partial charge in [0.05, 0.1) is 5.75 Å². The molecule has 1 rings (SSSR count). The first-order valence-electron chi connectivity index (χ1n) is 6.92. The van der Waals surface area contributed by atoms with Crippen LogP contribution in [0.4, 0.5) is 0 Å². The first-order valence-corrected chi connectivity index (χ1v) is 8.57. The van der Waals surface area contributed by atoms with Crippen LogP contribution in [0.3, 0.4) is 0 Å². The molecule has 0 saturated heterocycles. The summed E-state index contributed by atoms with van der Waals surface area (Å²) in [6.07, 6.45) is 19.5. The first-order chi connectivity index (χ1) is 10.6. The van der Waals surface area contributed by atoms with E-state index in [0.29, 0.717) is 6.54 Å². The second kappa shape index (κ2) is 9.64. The lowest BCUT2D eigenvalue weighted by molar-refractivity contribution is 0.594. The molecule has 0 spiro atoms. The molecule has 22 heavy (non-hydrogen) atoms. The molecule has 0 unspecified atom stereocenters. The molecule has 0 aliphatic heterocycles. The number of allylic oxidation sites excluding steroid dienone is 5. The van der Waals surface area contributed by atoms with Crippen molar-refractivity contribution >= 4 is 16.0 Å². The smallest absolute Gasteiger partial charge is 0.238 e. The maximum absolute atomic E-state index is 11.9. The van der Waals surface area contributed by atoms with E-state index in [1.54, 1.807) is 12.2 Å². The van der Waals surface area contributed by atoms with Gasteiger partial charge in [0.15, 0.2) is 0 Å². The fraction of sp³-hybridized carbons (Fsp3) is 0.312. The highest BCUT2D eigenvalue weighted by Gasteiger charge is 2.10. The summed E-state index contributed by atoms with van der Waals surface area (Å²) in [7, 11) is -1.96. The van der Waals surface area contributed by atoms with Crippen LogP contribution in [-0.2, 0) is 10.0 Å². The molecule has 0 bridgehead atoms. The summed E-state index contributed by atoms with van der Waals surface area (Å²) in [5.41, 5.74) is 1.12. The molecule has 0 aromatic heterocycles. The summed E-state index contributed by atoms with van der Waals surface area (Å²) < 4.78 is 26.2. The van der Waals surface area contributed by atoms with Crippen LogP contribution in [0.1, 0.15) is 12.8 Å². The van der Waals surface area contributed by atoms with Crippen LogP contribution in [0, 0.1) is 12.3 Å². The Balaban J connectivity index is 2.49. The zero-order chi connectivity index (χ0) is 16.3. The molecular weight excluding hydrogens is 298 g/mol. The molecule has 0 saturated carbocycles. The number of nitrogens with zero attached hydrogens (tertiary/aromatic N) is 1. The van der Waals surface area contributed by atoms with E-state index in [9.17, 15) is 8.42 Å². The molecule has 118 valence electrons. The lowest BCUT2D eigenvalue weighted by Gasteiger charge is -2.13. The van der Waals surface area contributed by atoms with Crippen LogP contribution in [0.15, 0.2) is 53.1 Å². The van der Waals surface area contributed by atoms with Gasteiger partial charge < -0.3 is 5.32 Å². The Hall–Kier alpha value is -2.26. The number of aliphatic imine (C=N–C) groups is 1. The highest BCUT2D eigenvalue weighted by molar-refractivity contribution is 7.90. The van der Waals surface area contributed by atoms with Gasteiger partial charge in [-0.25, -0.2) is 8.42 Å². The Bertz CT molecular complexity index is 647. The molecule has 0 atom stereocenters. The summed E-state index contributed by atoms with van der Waals surface area (Å²) >= 11 is 0. The molecule has 2 N–H and O–H groups in total. The second-order valence-electron chi connectivity index (χ2n) is 4.52. The summed E-state index contributed by atoms with van der Waals surface area (Å²) in [4.78, 5) is 3.91. The van der Waals surface area contributed by atoms with Gasteiger partial charge >= 0.3 is 0 Å². The Morgan fingerprint density at radius 1 is 1.45 bits per heavy atom. The Kier molecular flexibility index (Phi) is 7.79. The van der Waals surface area contributed by atoms with E-state index in [1.165, 1.54) is 19.2 Å². The Morgan fingerprint density at radius 3 is 2.91 bits per heavy atom. The van der Waals surface area contributed by atoms with Gasteiger partial charge in [-0.1, -0.05) is 42.4 Å². The molecule has 1 aliphatic rings. The topological polar surface area (TPSA) is 70.6 Å². The van der Waals surface area contributed by atoms with Gasteiger partial charge in [0, 0.05) is 13.6 Å². The molecule has 0 amide bonds. The van der Waals surface area contributed by atoms with Gasteiger partial charge in [-0.15, -0.1) is 6.42 Å². The molecule has 0 heterocycles. The van der Waals surface area contributed by atoms with Crippen molar-refractivity contribution in [2.24, 2.45) is 4.99 Å². The molecular formula is C16H21N3O2S. The summed E-state index contributed by atoms with van der Waals surface area (Å²) in [5, 5.41) is 2.98. The van der Waals surface area contributed by atoms with Crippen LogP contribution in [0.25, 0.3) is 0 Å². The van der Waals surface area contributed by atoms with Crippen LogP contribution < -0.4 is 10.0 Å². The fourth-order valence-electron chi connectivity index (χ4n) is 1.71. The number of rotatable bonds is 6. The molecule has 0 aromatic carbocycles. The zero-order valence-electron chi connectivity index (χ0n) is 12.6. The molecule has 6 heteroatoms. The SMILES string of the molecule is C#C/C=C\C=C/CS(=O)(=O)NC(=NC)NCC1=CCCC=C1. The highest BCUT2D eigenvalue weighted by atomic mass is 32.2. The quantitative estimate of drug-likeness (QED) is 0.337. The second-order valence-corrected chi connectivity index (χ2v) is 6.29. The van der Waals surface area contributed by atoms with E-state index in [2.05, 4.69) is 33.1 Å². The summed E-state index contributed by atoms with van der Waals surface area (Å²) in [6.45, 7) is 0.534. The summed E-state index contributed by atoms with van der Waals surface area (Å²) in [6, 6.07) is 0. The molecule has 0 fully saturated rings. The number of nitrogens with one attached hydrogen (secondary N) is 2. The highest BCUT2D eigenvalue weighted by Crippen LogP contribution is 2.08.